The van der Waals surface area contributed by atoms with Crippen molar-refractivity contribution in [3.63, 3.8) is 0 Å². The molecule has 0 saturated carbocycles. The lowest BCUT2D eigenvalue weighted by atomic mass is 10.2. The molecule has 0 saturated heterocycles. The number of hydrogen-bond donors (Lipinski definition) is 2. The second-order valence-corrected chi connectivity index (χ2v) is 6.31. The molecule has 1 aromatic carbocycles. The Morgan fingerprint density at radius 2 is 1.85 bits per heavy atom. The van der Waals surface area contributed by atoms with Gasteiger partial charge in [-0.2, -0.15) is 0 Å². The van der Waals surface area contributed by atoms with Crippen LogP contribution in [0.5, 0.6) is 0 Å². The molecule has 2 amide bonds. The first-order chi connectivity index (χ1) is 9.35. The molecule has 2 aromatic rings. The van der Waals surface area contributed by atoms with Crippen molar-refractivity contribution >= 4 is 33.4 Å². The molecule has 1 heterocycles. The topological polar surface area (TPSA) is 67.4 Å². The number of carbonyl (C=O) groups excluding carboxylic acids is 2. The molecule has 0 aliphatic heterocycles. The van der Waals surface area contributed by atoms with Crippen LogP contribution in [0.2, 0.25) is 0 Å². The number of fused-ring (bicyclic) bond motifs is 1. The zero-order valence-corrected chi connectivity index (χ0v) is 12.3. The van der Waals surface area contributed by atoms with Gasteiger partial charge in [-0.1, -0.05) is 18.2 Å². The van der Waals surface area contributed by atoms with Gasteiger partial charge in [0, 0.05) is 4.70 Å². The maximum Gasteiger partial charge on any atom is 0.426 e. The number of ether oxygens (including phenoxy) is 1. The molecule has 20 heavy (non-hydrogen) atoms. The van der Waals surface area contributed by atoms with E-state index in [0.29, 0.717) is 4.88 Å². The van der Waals surface area contributed by atoms with E-state index in [-0.39, 0.29) is 5.91 Å². The Labute approximate surface area is 120 Å². The van der Waals surface area contributed by atoms with Crippen molar-refractivity contribution in [1.82, 2.24) is 10.9 Å². The second-order valence-electron chi connectivity index (χ2n) is 5.23. The predicted molar refractivity (Wildman–Crippen MR) is 78.7 cm³/mol. The molecule has 2 rings (SSSR count). The molecule has 106 valence electrons. The van der Waals surface area contributed by atoms with Crippen LogP contribution >= 0.6 is 11.3 Å². The second kappa shape index (κ2) is 5.50. The highest BCUT2D eigenvalue weighted by Gasteiger charge is 2.17. The number of thiophene rings is 1. The van der Waals surface area contributed by atoms with Crippen molar-refractivity contribution in [2.75, 3.05) is 0 Å². The highest BCUT2D eigenvalue weighted by molar-refractivity contribution is 7.20. The summed E-state index contributed by atoms with van der Waals surface area (Å²) in [5, 5.41) is 1.000. The Balaban J connectivity index is 1.97. The highest BCUT2D eigenvalue weighted by atomic mass is 32.1. The molecule has 1 aromatic heterocycles. The number of hydrazine groups is 1. The normalized spacial score (nSPS) is 11.2. The van der Waals surface area contributed by atoms with Gasteiger partial charge >= 0.3 is 6.09 Å². The lowest BCUT2D eigenvalue weighted by Crippen LogP contribution is -2.44. The van der Waals surface area contributed by atoms with E-state index >= 15 is 0 Å². The smallest absolute Gasteiger partial charge is 0.426 e. The number of rotatable bonds is 1. The number of benzene rings is 1. The predicted octanol–water partition coefficient (Wildman–Crippen LogP) is 3.07. The summed E-state index contributed by atoms with van der Waals surface area (Å²) in [7, 11) is 0. The molecule has 0 aliphatic rings. The number of carbonyl (C=O) groups is 2. The SMILES string of the molecule is CC(C)(C)OC(=O)NNC(=O)c1cc2ccccc2s1. The standard InChI is InChI=1S/C14H16N2O3S/c1-14(2,3)19-13(18)16-15-12(17)11-8-9-6-4-5-7-10(9)20-11/h4-8H,1-3H3,(H,15,17)(H,16,18). The van der Waals surface area contributed by atoms with Crippen LogP contribution in [0.25, 0.3) is 10.1 Å². The van der Waals surface area contributed by atoms with Crippen LogP contribution in [-0.4, -0.2) is 17.6 Å². The van der Waals surface area contributed by atoms with E-state index in [4.69, 9.17) is 4.74 Å². The van der Waals surface area contributed by atoms with Crippen molar-refractivity contribution in [2.24, 2.45) is 0 Å². The van der Waals surface area contributed by atoms with E-state index in [2.05, 4.69) is 10.9 Å². The lowest BCUT2D eigenvalue weighted by Gasteiger charge is -2.19. The number of hydrogen-bond acceptors (Lipinski definition) is 4. The summed E-state index contributed by atoms with van der Waals surface area (Å²) in [6.45, 7) is 5.25. The van der Waals surface area contributed by atoms with Crippen molar-refractivity contribution in [2.45, 2.75) is 26.4 Å². The maximum absolute atomic E-state index is 11.9. The van der Waals surface area contributed by atoms with E-state index in [1.807, 2.05) is 24.3 Å². The van der Waals surface area contributed by atoms with Crippen LogP contribution in [0.1, 0.15) is 30.4 Å². The van der Waals surface area contributed by atoms with Crippen LogP contribution in [0, 0.1) is 0 Å². The van der Waals surface area contributed by atoms with Crippen LogP contribution in [0.3, 0.4) is 0 Å². The number of amides is 2. The Hall–Kier alpha value is -2.08. The molecular formula is C14H16N2O3S. The van der Waals surface area contributed by atoms with Crippen molar-refractivity contribution < 1.29 is 14.3 Å². The van der Waals surface area contributed by atoms with Gasteiger partial charge in [-0.25, -0.2) is 10.2 Å². The molecule has 0 bridgehead atoms. The van der Waals surface area contributed by atoms with E-state index in [1.54, 1.807) is 26.8 Å². The van der Waals surface area contributed by atoms with Crippen LogP contribution < -0.4 is 10.9 Å². The largest absolute Gasteiger partial charge is 0.443 e. The summed E-state index contributed by atoms with van der Waals surface area (Å²) in [6.07, 6.45) is -0.688. The first-order valence-corrected chi connectivity index (χ1v) is 6.95. The van der Waals surface area contributed by atoms with Crippen molar-refractivity contribution in [1.29, 1.82) is 0 Å². The molecule has 0 radical (unpaired) electrons. The summed E-state index contributed by atoms with van der Waals surface area (Å²) in [6, 6.07) is 9.49. The average Bonchev–Trinajstić information content (AvgIpc) is 2.77. The first-order valence-electron chi connectivity index (χ1n) is 6.13. The van der Waals surface area contributed by atoms with Crippen LogP contribution in [0.4, 0.5) is 4.79 Å². The summed E-state index contributed by atoms with van der Waals surface area (Å²) in [5.41, 5.74) is 3.95. The molecule has 0 unspecified atom stereocenters. The van der Waals surface area contributed by atoms with Gasteiger partial charge in [0.2, 0.25) is 0 Å². The van der Waals surface area contributed by atoms with Crippen LogP contribution in [-0.2, 0) is 4.74 Å². The van der Waals surface area contributed by atoms with Crippen molar-refractivity contribution in [3.8, 4) is 0 Å². The third kappa shape index (κ3) is 3.71. The van der Waals surface area contributed by atoms with Gasteiger partial charge in [-0.15, -0.1) is 11.3 Å². The van der Waals surface area contributed by atoms with Crippen LogP contribution in [0.15, 0.2) is 30.3 Å². The minimum Gasteiger partial charge on any atom is -0.443 e. The first kappa shape index (κ1) is 14.3. The molecule has 0 spiro atoms. The number of nitrogens with one attached hydrogen (secondary N) is 2. The van der Waals surface area contributed by atoms with Gasteiger partial charge < -0.3 is 4.74 Å². The molecular weight excluding hydrogens is 276 g/mol. The van der Waals surface area contributed by atoms with Gasteiger partial charge in [0.15, 0.2) is 0 Å². The van der Waals surface area contributed by atoms with E-state index in [0.717, 1.165) is 10.1 Å². The summed E-state index contributed by atoms with van der Waals surface area (Å²) >= 11 is 1.37. The Morgan fingerprint density at radius 1 is 1.15 bits per heavy atom. The maximum atomic E-state index is 11.9. The summed E-state index contributed by atoms with van der Waals surface area (Å²) in [4.78, 5) is 23.9. The lowest BCUT2D eigenvalue weighted by molar-refractivity contribution is 0.0484. The molecule has 6 heteroatoms. The molecule has 0 aliphatic carbocycles. The fourth-order valence-corrected chi connectivity index (χ4v) is 2.52. The van der Waals surface area contributed by atoms with E-state index in [9.17, 15) is 9.59 Å². The fourth-order valence-electron chi connectivity index (χ4n) is 1.57. The Kier molecular flexibility index (Phi) is 3.94. The highest BCUT2D eigenvalue weighted by Crippen LogP contribution is 2.24. The molecule has 5 nitrogen and oxygen atoms in total. The molecule has 0 fully saturated rings. The monoisotopic (exact) mass is 292 g/mol. The fraction of sp³-hybridized carbons (Fsp3) is 0.286. The van der Waals surface area contributed by atoms with Crippen molar-refractivity contribution in [3.05, 3.63) is 35.2 Å². The van der Waals surface area contributed by atoms with E-state index in [1.165, 1.54) is 11.3 Å². The minimum absolute atomic E-state index is 0.364. The minimum atomic E-state index is -0.688. The zero-order chi connectivity index (χ0) is 14.8. The quantitative estimate of drug-likeness (QED) is 0.794. The van der Waals surface area contributed by atoms with Gasteiger partial charge in [0.1, 0.15) is 5.60 Å². The van der Waals surface area contributed by atoms with Gasteiger partial charge in [-0.05, 0) is 38.3 Å². The third-order valence-electron chi connectivity index (χ3n) is 2.33. The zero-order valence-electron chi connectivity index (χ0n) is 11.5. The van der Waals surface area contributed by atoms with Gasteiger partial charge in [-0.3, -0.25) is 10.2 Å². The Bertz CT molecular complexity index is 610. The van der Waals surface area contributed by atoms with E-state index < -0.39 is 11.7 Å². The molecule has 2 N–H and O–H groups in total. The third-order valence-corrected chi connectivity index (χ3v) is 3.44. The summed E-state index contributed by atoms with van der Waals surface area (Å²) in [5.74, 6) is -0.364. The van der Waals surface area contributed by atoms with Gasteiger partial charge in [0.25, 0.3) is 5.91 Å². The average molecular weight is 292 g/mol. The van der Waals surface area contributed by atoms with Gasteiger partial charge in [0.05, 0.1) is 4.88 Å². The Morgan fingerprint density at radius 3 is 2.50 bits per heavy atom. The summed E-state index contributed by atoms with van der Waals surface area (Å²) < 4.78 is 6.04. The molecule has 0 atom stereocenters.